The molecule has 15 heavy (non-hydrogen) atoms. The summed E-state index contributed by atoms with van der Waals surface area (Å²) in [6, 6.07) is 5.40. The van der Waals surface area contributed by atoms with E-state index in [2.05, 4.69) is 15.3 Å². The summed E-state index contributed by atoms with van der Waals surface area (Å²) in [5.74, 6) is 0. The third kappa shape index (κ3) is 1.07. The molecule has 0 aliphatic rings. The van der Waals surface area contributed by atoms with Crippen molar-refractivity contribution in [3.8, 4) is 0 Å². The zero-order valence-corrected chi connectivity index (χ0v) is 8.18. The first-order valence-electron chi connectivity index (χ1n) is 4.25. The van der Waals surface area contributed by atoms with Gasteiger partial charge >= 0.3 is 0 Å². The lowest BCUT2D eigenvalue weighted by atomic mass is 10.2. The zero-order valence-electron chi connectivity index (χ0n) is 7.42. The Labute approximate surface area is 88.9 Å². The molecule has 0 saturated heterocycles. The van der Waals surface area contributed by atoms with Gasteiger partial charge in [0.05, 0.1) is 10.5 Å². The lowest BCUT2D eigenvalue weighted by Crippen LogP contribution is -1.91. The van der Waals surface area contributed by atoms with Crippen LogP contribution in [0.3, 0.4) is 0 Å². The summed E-state index contributed by atoms with van der Waals surface area (Å²) in [5, 5.41) is 17.9. The lowest BCUT2D eigenvalue weighted by Gasteiger charge is -1.99. The van der Waals surface area contributed by atoms with Crippen molar-refractivity contribution < 1.29 is 5.21 Å². The molecule has 0 aliphatic carbocycles. The van der Waals surface area contributed by atoms with E-state index < -0.39 is 0 Å². The smallest absolute Gasteiger partial charge is 0.137 e. The molecule has 1 aromatic carbocycles. The van der Waals surface area contributed by atoms with Gasteiger partial charge in [0.25, 0.3) is 0 Å². The van der Waals surface area contributed by atoms with E-state index in [0.29, 0.717) is 26.4 Å². The van der Waals surface area contributed by atoms with E-state index in [-0.39, 0.29) is 0 Å². The molecule has 0 radical (unpaired) electrons. The minimum Gasteiger partial charge on any atom is -0.410 e. The molecular formula is C9H5ClN4O. The topological polar surface area (TPSA) is 63.8 Å². The summed E-state index contributed by atoms with van der Waals surface area (Å²) >= 11 is 6.10. The van der Waals surface area contributed by atoms with Gasteiger partial charge < -0.3 is 5.21 Å². The van der Waals surface area contributed by atoms with Crippen molar-refractivity contribution in [1.29, 1.82) is 0 Å². The van der Waals surface area contributed by atoms with Gasteiger partial charge in [0, 0.05) is 11.6 Å². The van der Waals surface area contributed by atoms with Crippen molar-refractivity contribution >= 4 is 33.5 Å². The van der Waals surface area contributed by atoms with Gasteiger partial charge in [-0.3, -0.25) is 4.98 Å². The molecule has 5 nitrogen and oxygen atoms in total. The Morgan fingerprint density at radius 1 is 1.33 bits per heavy atom. The van der Waals surface area contributed by atoms with E-state index in [4.69, 9.17) is 11.6 Å². The van der Waals surface area contributed by atoms with E-state index in [0.717, 1.165) is 5.39 Å². The highest BCUT2D eigenvalue weighted by Gasteiger charge is 2.11. The second-order valence-electron chi connectivity index (χ2n) is 3.11. The number of hydrogen-bond donors (Lipinski definition) is 1. The van der Waals surface area contributed by atoms with Crippen molar-refractivity contribution in [2.75, 3.05) is 0 Å². The number of fused-ring (bicyclic) bond motifs is 2. The number of hydrogen-bond acceptors (Lipinski definition) is 4. The summed E-state index contributed by atoms with van der Waals surface area (Å²) in [6.07, 6.45) is 1.66. The Hall–Kier alpha value is -1.88. The third-order valence-corrected chi connectivity index (χ3v) is 2.59. The van der Waals surface area contributed by atoms with E-state index in [9.17, 15) is 5.21 Å². The quantitative estimate of drug-likeness (QED) is 0.588. The van der Waals surface area contributed by atoms with E-state index in [1.54, 1.807) is 18.3 Å². The summed E-state index contributed by atoms with van der Waals surface area (Å²) in [4.78, 5) is 4.85. The van der Waals surface area contributed by atoms with Crippen LogP contribution in [0.4, 0.5) is 0 Å². The molecule has 6 heteroatoms. The third-order valence-electron chi connectivity index (χ3n) is 2.23. The van der Waals surface area contributed by atoms with E-state index >= 15 is 0 Å². The standard InChI is InChI=1S/C9H5ClN4O/c10-7-8-5(2-1-3-11-8)4-6-9(7)12-13-14(6)15/h1-4,15H. The highest BCUT2D eigenvalue weighted by Crippen LogP contribution is 2.28. The molecule has 2 heterocycles. The molecule has 0 saturated carbocycles. The number of aromatic nitrogens is 4. The molecule has 3 aromatic rings. The average molecular weight is 221 g/mol. The van der Waals surface area contributed by atoms with Crippen molar-refractivity contribution in [3.63, 3.8) is 0 Å². The summed E-state index contributed by atoms with van der Waals surface area (Å²) < 4.78 is 0. The molecule has 74 valence electrons. The molecule has 3 rings (SSSR count). The van der Waals surface area contributed by atoms with Crippen LogP contribution >= 0.6 is 11.6 Å². The number of rotatable bonds is 0. The summed E-state index contributed by atoms with van der Waals surface area (Å²) in [6.45, 7) is 0. The van der Waals surface area contributed by atoms with Crippen LogP contribution in [0.15, 0.2) is 24.4 Å². The second-order valence-corrected chi connectivity index (χ2v) is 3.49. The van der Waals surface area contributed by atoms with E-state index in [1.807, 2.05) is 6.07 Å². The molecule has 0 spiro atoms. The summed E-state index contributed by atoms with van der Waals surface area (Å²) in [5.41, 5.74) is 1.58. The molecule has 2 aromatic heterocycles. The molecule has 0 bridgehead atoms. The number of nitrogens with zero attached hydrogens (tertiary/aromatic N) is 4. The first kappa shape index (κ1) is 8.43. The molecule has 0 fully saturated rings. The Balaban J connectivity index is 2.61. The normalized spacial score (nSPS) is 11.3. The second kappa shape index (κ2) is 2.80. The lowest BCUT2D eigenvalue weighted by molar-refractivity contribution is 0.155. The highest BCUT2D eigenvalue weighted by molar-refractivity contribution is 6.39. The van der Waals surface area contributed by atoms with Gasteiger partial charge in [0.15, 0.2) is 0 Å². The van der Waals surface area contributed by atoms with Crippen LogP contribution in [0.2, 0.25) is 5.02 Å². The fourth-order valence-electron chi connectivity index (χ4n) is 1.54. The molecule has 1 N–H and O–H groups in total. The van der Waals surface area contributed by atoms with Gasteiger partial charge in [-0.25, -0.2) is 0 Å². The zero-order chi connectivity index (χ0) is 10.4. The van der Waals surface area contributed by atoms with Crippen LogP contribution in [-0.4, -0.2) is 25.3 Å². The average Bonchev–Trinajstić information content (AvgIpc) is 2.62. The molecule has 0 amide bonds. The van der Waals surface area contributed by atoms with Crippen LogP contribution in [0, 0.1) is 0 Å². The van der Waals surface area contributed by atoms with E-state index in [1.165, 1.54) is 0 Å². The van der Waals surface area contributed by atoms with Crippen LogP contribution < -0.4 is 0 Å². The van der Waals surface area contributed by atoms with Crippen LogP contribution in [0.25, 0.3) is 21.9 Å². The first-order chi connectivity index (χ1) is 7.27. The van der Waals surface area contributed by atoms with Gasteiger partial charge in [0.2, 0.25) is 0 Å². The fourth-order valence-corrected chi connectivity index (χ4v) is 1.83. The van der Waals surface area contributed by atoms with Crippen LogP contribution in [0.1, 0.15) is 0 Å². The first-order valence-corrected chi connectivity index (χ1v) is 4.63. The van der Waals surface area contributed by atoms with Crippen LogP contribution in [0.5, 0.6) is 0 Å². The maximum Gasteiger partial charge on any atom is 0.137 e. The monoisotopic (exact) mass is 220 g/mol. The predicted molar refractivity (Wildman–Crippen MR) is 55.0 cm³/mol. The van der Waals surface area contributed by atoms with Gasteiger partial charge in [0.1, 0.15) is 11.0 Å². The maximum absolute atomic E-state index is 9.36. The number of benzene rings is 1. The number of pyridine rings is 1. The Morgan fingerprint density at radius 2 is 2.20 bits per heavy atom. The van der Waals surface area contributed by atoms with Gasteiger partial charge in [-0.15, -0.1) is 5.10 Å². The maximum atomic E-state index is 9.36. The predicted octanol–water partition coefficient (Wildman–Crippen LogP) is 1.87. The van der Waals surface area contributed by atoms with Crippen molar-refractivity contribution in [2.24, 2.45) is 0 Å². The highest BCUT2D eigenvalue weighted by atomic mass is 35.5. The Kier molecular flexibility index (Phi) is 1.58. The van der Waals surface area contributed by atoms with Gasteiger partial charge in [-0.1, -0.05) is 22.5 Å². The molecule has 0 aliphatic heterocycles. The van der Waals surface area contributed by atoms with Crippen molar-refractivity contribution in [2.45, 2.75) is 0 Å². The molecule has 0 atom stereocenters. The molecule has 0 unspecified atom stereocenters. The largest absolute Gasteiger partial charge is 0.410 e. The fraction of sp³-hybridized carbons (Fsp3) is 0. The van der Waals surface area contributed by atoms with Gasteiger partial charge in [-0.2, -0.15) is 0 Å². The van der Waals surface area contributed by atoms with Gasteiger partial charge in [-0.05, 0) is 17.3 Å². The minimum atomic E-state index is 0.406. The summed E-state index contributed by atoms with van der Waals surface area (Å²) in [7, 11) is 0. The Bertz CT molecular complexity index is 664. The molecular weight excluding hydrogens is 216 g/mol. The minimum absolute atomic E-state index is 0.406. The van der Waals surface area contributed by atoms with Crippen molar-refractivity contribution in [3.05, 3.63) is 29.4 Å². The SMILES string of the molecule is On1nnc2c(Cl)c3ncccc3cc21. The number of halogens is 1. The van der Waals surface area contributed by atoms with Crippen LogP contribution in [-0.2, 0) is 0 Å². The Morgan fingerprint density at radius 3 is 3.07 bits per heavy atom. The van der Waals surface area contributed by atoms with Crippen molar-refractivity contribution in [1.82, 2.24) is 20.1 Å².